The lowest BCUT2D eigenvalue weighted by molar-refractivity contribution is -0.115. The summed E-state index contributed by atoms with van der Waals surface area (Å²) in [6, 6.07) is 21.3. The SMILES string of the molecule is O=C(CSc1nnc(-c2ccccn2)o1)N1c2ccccc2Sc2ccccc21. The van der Waals surface area contributed by atoms with Gasteiger partial charge in [-0.25, -0.2) is 0 Å². The number of hydrogen-bond donors (Lipinski definition) is 0. The number of para-hydroxylation sites is 2. The van der Waals surface area contributed by atoms with Gasteiger partial charge in [0.2, 0.25) is 5.91 Å². The number of anilines is 2. The van der Waals surface area contributed by atoms with Crippen molar-refractivity contribution in [2.75, 3.05) is 10.7 Å². The zero-order valence-electron chi connectivity index (χ0n) is 15.1. The number of pyridine rings is 1. The summed E-state index contributed by atoms with van der Waals surface area (Å²) in [4.78, 5) is 21.2. The molecule has 0 atom stereocenters. The van der Waals surface area contributed by atoms with Gasteiger partial charge in [0.05, 0.1) is 17.1 Å². The second-order valence-electron chi connectivity index (χ2n) is 6.14. The van der Waals surface area contributed by atoms with Gasteiger partial charge >= 0.3 is 0 Å². The molecule has 0 aliphatic carbocycles. The first-order valence-corrected chi connectivity index (χ1v) is 10.7. The number of aromatic nitrogens is 3. The number of rotatable bonds is 4. The summed E-state index contributed by atoms with van der Waals surface area (Å²) >= 11 is 2.89. The fraction of sp³-hybridized carbons (Fsp3) is 0.0476. The van der Waals surface area contributed by atoms with Gasteiger partial charge in [0.1, 0.15) is 5.69 Å². The number of benzene rings is 2. The molecule has 0 unspecified atom stereocenters. The van der Waals surface area contributed by atoms with Crippen LogP contribution in [0.3, 0.4) is 0 Å². The molecule has 6 nitrogen and oxygen atoms in total. The minimum atomic E-state index is -0.0483. The Morgan fingerprint density at radius 2 is 1.62 bits per heavy atom. The normalized spacial score (nSPS) is 12.3. The van der Waals surface area contributed by atoms with Crippen molar-refractivity contribution in [2.24, 2.45) is 0 Å². The molecule has 2 aromatic heterocycles. The van der Waals surface area contributed by atoms with Crippen molar-refractivity contribution in [1.82, 2.24) is 15.2 Å². The van der Waals surface area contributed by atoms with Crippen LogP contribution in [0, 0.1) is 0 Å². The Hall–Kier alpha value is -3.10. The van der Waals surface area contributed by atoms with Crippen molar-refractivity contribution < 1.29 is 9.21 Å². The number of amides is 1. The van der Waals surface area contributed by atoms with E-state index in [9.17, 15) is 4.79 Å². The zero-order valence-corrected chi connectivity index (χ0v) is 16.7. The fourth-order valence-corrected chi connectivity index (χ4v) is 4.69. The molecule has 0 N–H and O–H groups in total. The smallest absolute Gasteiger partial charge is 0.277 e. The van der Waals surface area contributed by atoms with Gasteiger partial charge in [0.25, 0.3) is 11.1 Å². The number of carbonyl (C=O) groups excluding carboxylic acids is 1. The van der Waals surface area contributed by atoms with Crippen LogP contribution >= 0.6 is 23.5 Å². The number of hydrogen-bond acceptors (Lipinski definition) is 7. The molecule has 142 valence electrons. The topological polar surface area (TPSA) is 72.1 Å². The van der Waals surface area contributed by atoms with E-state index in [0.29, 0.717) is 16.8 Å². The molecule has 8 heteroatoms. The first kappa shape index (κ1) is 18.0. The Balaban J connectivity index is 1.37. The molecule has 1 amide bonds. The van der Waals surface area contributed by atoms with Gasteiger partial charge in [-0.1, -0.05) is 53.9 Å². The standard InChI is InChI=1S/C21H14N4O2S2/c26-19(13-28-21-24-23-20(27-21)14-7-5-6-12-22-14)25-15-8-1-3-10-17(15)29-18-11-4-2-9-16(18)25/h1-12H,13H2. The van der Waals surface area contributed by atoms with Gasteiger partial charge in [-0.3, -0.25) is 14.7 Å². The van der Waals surface area contributed by atoms with Crippen LogP contribution < -0.4 is 4.90 Å². The highest BCUT2D eigenvalue weighted by Crippen LogP contribution is 2.48. The van der Waals surface area contributed by atoms with Crippen LogP contribution in [0.1, 0.15) is 0 Å². The van der Waals surface area contributed by atoms with Crippen molar-refractivity contribution in [3.05, 3.63) is 72.9 Å². The number of fused-ring (bicyclic) bond motifs is 2. The second kappa shape index (κ2) is 7.73. The second-order valence-corrected chi connectivity index (χ2v) is 8.15. The minimum Gasteiger partial charge on any atom is -0.410 e. The van der Waals surface area contributed by atoms with Crippen molar-refractivity contribution >= 4 is 40.8 Å². The molecule has 1 aliphatic heterocycles. The van der Waals surface area contributed by atoms with Crippen LogP contribution in [0.2, 0.25) is 0 Å². The van der Waals surface area contributed by atoms with E-state index in [1.165, 1.54) is 11.8 Å². The van der Waals surface area contributed by atoms with E-state index >= 15 is 0 Å². The summed E-state index contributed by atoms with van der Waals surface area (Å²) in [6.07, 6.45) is 1.67. The lowest BCUT2D eigenvalue weighted by Gasteiger charge is -2.30. The van der Waals surface area contributed by atoms with E-state index in [1.54, 1.807) is 28.9 Å². The molecule has 2 aromatic carbocycles. The third-order valence-electron chi connectivity index (χ3n) is 4.29. The van der Waals surface area contributed by atoms with Crippen molar-refractivity contribution in [2.45, 2.75) is 15.0 Å². The molecule has 5 rings (SSSR count). The molecule has 0 radical (unpaired) electrons. The van der Waals surface area contributed by atoms with Crippen LogP contribution in [-0.2, 0) is 4.79 Å². The summed E-state index contributed by atoms with van der Waals surface area (Å²) in [7, 11) is 0. The van der Waals surface area contributed by atoms with Crippen molar-refractivity contribution in [3.8, 4) is 11.6 Å². The summed E-state index contributed by atoms with van der Waals surface area (Å²) in [6.45, 7) is 0. The largest absolute Gasteiger partial charge is 0.410 e. The Bertz CT molecular complexity index is 1130. The molecule has 0 saturated heterocycles. The van der Waals surface area contributed by atoms with E-state index in [4.69, 9.17) is 4.42 Å². The Morgan fingerprint density at radius 3 is 2.31 bits per heavy atom. The predicted molar refractivity (Wildman–Crippen MR) is 112 cm³/mol. The van der Waals surface area contributed by atoms with Gasteiger partial charge in [0.15, 0.2) is 0 Å². The third kappa shape index (κ3) is 3.52. The predicted octanol–water partition coefficient (Wildman–Crippen LogP) is 5.05. The van der Waals surface area contributed by atoms with Gasteiger partial charge in [-0.15, -0.1) is 10.2 Å². The summed E-state index contributed by atoms with van der Waals surface area (Å²) < 4.78 is 5.65. The summed E-state index contributed by atoms with van der Waals surface area (Å²) in [5, 5.41) is 8.39. The molecule has 1 aliphatic rings. The van der Waals surface area contributed by atoms with Crippen molar-refractivity contribution in [3.63, 3.8) is 0 Å². The maximum Gasteiger partial charge on any atom is 0.277 e. The van der Waals surface area contributed by atoms with E-state index in [1.807, 2.05) is 60.7 Å². The minimum absolute atomic E-state index is 0.0483. The molecule has 4 aromatic rings. The number of thioether (sulfide) groups is 1. The molecule has 29 heavy (non-hydrogen) atoms. The summed E-state index contributed by atoms with van der Waals surface area (Å²) in [5.74, 6) is 0.468. The van der Waals surface area contributed by atoms with Gasteiger partial charge in [0, 0.05) is 16.0 Å². The molecular weight excluding hydrogens is 404 g/mol. The fourth-order valence-electron chi connectivity index (χ4n) is 3.02. The van der Waals surface area contributed by atoms with E-state index in [0.717, 1.165) is 21.2 Å². The third-order valence-corrected chi connectivity index (χ3v) is 6.22. The average molecular weight is 419 g/mol. The molecule has 0 bridgehead atoms. The van der Waals surface area contributed by atoms with Crippen LogP contribution in [0.5, 0.6) is 0 Å². The van der Waals surface area contributed by atoms with E-state index < -0.39 is 0 Å². The molecule has 3 heterocycles. The van der Waals surface area contributed by atoms with Crippen molar-refractivity contribution in [1.29, 1.82) is 0 Å². The quantitative estimate of drug-likeness (QED) is 0.429. The van der Waals surface area contributed by atoms with Gasteiger partial charge in [-0.05, 0) is 36.4 Å². The molecule has 0 saturated carbocycles. The van der Waals surface area contributed by atoms with Gasteiger partial charge < -0.3 is 4.42 Å². The lowest BCUT2D eigenvalue weighted by Crippen LogP contribution is -2.29. The van der Waals surface area contributed by atoms with Crippen LogP contribution in [0.15, 0.2) is 92.4 Å². The molecule has 0 spiro atoms. The first-order valence-electron chi connectivity index (χ1n) is 8.86. The Morgan fingerprint density at radius 1 is 0.931 bits per heavy atom. The molecular formula is C21H14N4O2S2. The maximum absolute atomic E-state index is 13.2. The average Bonchev–Trinajstić information content (AvgIpc) is 3.25. The van der Waals surface area contributed by atoms with E-state index in [2.05, 4.69) is 15.2 Å². The zero-order chi connectivity index (χ0) is 19.6. The van der Waals surface area contributed by atoms with Crippen LogP contribution in [0.25, 0.3) is 11.6 Å². The Labute approximate surface area is 175 Å². The molecule has 0 fully saturated rings. The maximum atomic E-state index is 13.2. The first-order chi connectivity index (χ1) is 14.3. The lowest BCUT2D eigenvalue weighted by atomic mass is 10.2. The highest BCUT2D eigenvalue weighted by molar-refractivity contribution is 8.00. The van der Waals surface area contributed by atoms with Crippen LogP contribution in [0.4, 0.5) is 11.4 Å². The van der Waals surface area contributed by atoms with E-state index in [-0.39, 0.29) is 11.7 Å². The number of nitrogens with zero attached hydrogens (tertiary/aromatic N) is 4. The van der Waals surface area contributed by atoms with Gasteiger partial charge in [-0.2, -0.15) is 0 Å². The van der Waals surface area contributed by atoms with Crippen LogP contribution in [-0.4, -0.2) is 26.8 Å². The highest BCUT2D eigenvalue weighted by atomic mass is 32.2. The summed E-state index contributed by atoms with van der Waals surface area (Å²) in [5.41, 5.74) is 2.39. The Kier molecular flexibility index (Phi) is 4.79. The monoisotopic (exact) mass is 418 g/mol. The highest BCUT2D eigenvalue weighted by Gasteiger charge is 2.28. The number of carbonyl (C=O) groups is 1.